The maximum Gasteiger partial charge on any atom is 0.322 e. The van der Waals surface area contributed by atoms with Gasteiger partial charge in [0.15, 0.2) is 0 Å². The van der Waals surface area contributed by atoms with Crippen molar-refractivity contribution in [3.63, 3.8) is 0 Å². The van der Waals surface area contributed by atoms with Gasteiger partial charge in [0, 0.05) is 42.1 Å². The maximum absolute atomic E-state index is 13.6. The Morgan fingerprint density at radius 2 is 1.75 bits per heavy atom. The van der Waals surface area contributed by atoms with E-state index in [0.717, 1.165) is 54.0 Å². The zero-order valence-corrected chi connectivity index (χ0v) is 22.5. The second-order valence-electron chi connectivity index (χ2n) is 9.82. The highest BCUT2D eigenvalue weighted by atomic mass is 16.5. The molecule has 2 heterocycles. The summed E-state index contributed by atoms with van der Waals surface area (Å²) < 4.78 is 5.27. The second kappa shape index (κ2) is 12.8. The van der Waals surface area contributed by atoms with Crippen LogP contribution in [-0.4, -0.2) is 35.2 Å². The minimum Gasteiger partial charge on any atom is -0.481 e. The summed E-state index contributed by atoms with van der Waals surface area (Å²) >= 11 is 0. The predicted octanol–water partition coefficient (Wildman–Crippen LogP) is 6.16. The molecule has 202 valence electrons. The minimum atomic E-state index is -0.110. The third-order valence-corrected chi connectivity index (χ3v) is 7.19. The van der Waals surface area contributed by atoms with Gasteiger partial charge in [-0.3, -0.25) is 4.90 Å². The smallest absolute Gasteiger partial charge is 0.322 e. The molecule has 0 atom stereocenters. The number of nitrogens with one attached hydrogen (secondary N) is 2. The molecule has 8 heteroatoms. The SMILES string of the molecule is COc1cccc(-c2ccc(N(C(=O)NCc3ccccc3)C3CCC(Nc4ccc(C#N)cn4)CC3)cc2)n1. The van der Waals surface area contributed by atoms with Crippen LogP contribution < -0.4 is 20.3 Å². The van der Waals surface area contributed by atoms with Gasteiger partial charge >= 0.3 is 6.03 Å². The van der Waals surface area contributed by atoms with Crippen molar-refractivity contribution in [1.82, 2.24) is 15.3 Å². The van der Waals surface area contributed by atoms with Gasteiger partial charge in [-0.15, -0.1) is 0 Å². The number of aromatic nitrogens is 2. The van der Waals surface area contributed by atoms with Crippen LogP contribution in [0.5, 0.6) is 5.88 Å². The molecule has 2 amide bonds. The lowest BCUT2D eigenvalue weighted by atomic mass is 9.89. The number of urea groups is 1. The zero-order valence-electron chi connectivity index (χ0n) is 22.5. The fourth-order valence-corrected chi connectivity index (χ4v) is 5.07. The van der Waals surface area contributed by atoms with Gasteiger partial charge in [0.2, 0.25) is 5.88 Å². The van der Waals surface area contributed by atoms with E-state index in [9.17, 15) is 4.79 Å². The Hall–Kier alpha value is -4.90. The average Bonchev–Trinajstić information content (AvgIpc) is 3.02. The van der Waals surface area contributed by atoms with Crippen molar-refractivity contribution >= 4 is 17.5 Å². The highest BCUT2D eigenvalue weighted by Crippen LogP contribution is 2.31. The van der Waals surface area contributed by atoms with Crippen LogP contribution in [0, 0.1) is 11.3 Å². The number of nitriles is 1. The molecule has 0 radical (unpaired) electrons. The first kappa shape index (κ1) is 26.7. The van der Waals surface area contributed by atoms with Crippen molar-refractivity contribution in [3.8, 4) is 23.2 Å². The zero-order chi connectivity index (χ0) is 27.7. The van der Waals surface area contributed by atoms with Crippen LogP contribution in [0.2, 0.25) is 0 Å². The highest BCUT2D eigenvalue weighted by Gasteiger charge is 2.30. The molecule has 40 heavy (non-hydrogen) atoms. The molecule has 5 rings (SSSR count). The van der Waals surface area contributed by atoms with Crippen molar-refractivity contribution in [2.45, 2.75) is 44.3 Å². The normalized spacial score (nSPS) is 16.4. The molecular formula is C32H32N6O2. The first-order valence-electron chi connectivity index (χ1n) is 13.5. The molecule has 0 bridgehead atoms. The molecule has 0 unspecified atom stereocenters. The molecule has 0 spiro atoms. The number of pyridine rings is 2. The van der Waals surface area contributed by atoms with Gasteiger partial charge in [0.05, 0.1) is 18.4 Å². The van der Waals surface area contributed by atoms with Crippen molar-refractivity contribution in [3.05, 3.63) is 102 Å². The summed E-state index contributed by atoms with van der Waals surface area (Å²) in [7, 11) is 1.60. The number of rotatable bonds is 8. The summed E-state index contributed by atoms with van der Waals surface area (Å²) in [5.41, 5.74) is 4.21. The molecule has 2 N–H and O–H groups in total. The largest absolute Gasteiger partial charge is 0.481 e. The molecule has 8 nitrogen and oxygen atoms in total. The lowest BCUT2D eigenvalue weighted by molar-refractivity contribution is 0.240. The van der Waals surface area contributed by atoms with E-state index in [0.29, 0.717) is 18.0 Å². The van der Waals surface area contributed by atoms with Gasteiger partial charge in [0.1, 0.15) is 11.9 Å². The second-order valence-corrected chi connectivity index (χ2v) is 9.82. The predicted molar refractivity (Wildman–Crippen MR) is 156 cm³/mol. The molecule has 1 saturated carbocycles. The van der Waals surface area contributed by atoms with Crippen molar-refractivity contribution in [2.75, 3.05) is 17.3 Å². The van der Waals surface area contributed by atoms with Gasteiger partial charge in [-0.1, -0.05) is 48.5 Å². The quantitative estimate of drug-likeness (QED) is 0.282. The van der Waals surface area contributed by atoms with E-state index >= 15 is 0 Å². The van der Waals surface area contributed by atoms with Crippen LogP contribution in [0.4, 0.5) is 16.3 Å². The summed E-state index contributed by atoms with van der Waals surface area (Å²) in [6.45, 7) is 0.462. The number of hydrogen-bond acceptors (Lipinski definition) is 6. The Balaban J connectivity index is 1.31. The van der Waals surface area contributed by atoms with Crippen LogP contribution >= 0.6 is 0 Å². The third-order valence-electron chi connectivity index (χ3n) is 7.19. The van der Waals surface area contributed by atoms with Crippen molar-refractivity contribution in [1.29, 1.82) is 5.26 Å². The van der Waals surface area contributed by atoms with E-state index in [1.807, 2.05) is 83.8 Å². The molecule has 0 saturated heterocycles. The van der Waals surface area contributed by atoms with Gasteiger partial charge in [-0.05, 0) is 61.6 Å². The number of benzene rings is 2. The number of carbonyl (C=O) groups is 1. The molecule has 2 aromatic carbocycles. The third kappa shape index (κ3) is 6.56. The van der Waals surface area contributed by atoms with Crippen LogP contribution in [0.25, 0.3) is 11.3 Å². The molecule has 0 aliphatic heterocycles. The molecule has 1 aliphatic rings. The average molecular weight is 533 g/mol. The van der Waals surface area contributed by atoms with Gasteiger partial charge in [0.25, 0.3) is 0 Å². The van der Waals surface area contributed by atoms with E-state index in [-0.39, 0.29) is 18.1 Å². The van der Waals surface area contributed by atoms with Gasteiger partial charge < -0.3 is 15.4 Å². The topological polar surface area (TPSA) is 103 Å². The van der Waals surface area contributed by atoms with Crippen LogP contribution in [0.3, 0.4) is 0 Å². The minimum absolute atomic E-state index is 0.0588. The monoisotopic (exact) mass is 532 g/mol. The number of anilines is 2. The number of methoxy groups -OCH3 is 1. The summed E-state index contributed by atoms with van der Waals surface area (Å²) in [6.07, 6.45) is 5.09. The lowest BCUT2D eigenvalue weighted by Gasteiger charge is -2.37. The molecule has 4 aromatic rings. The Morgan fingerprint density at radius 3 is 2.42 bits per heavy atom. The van der Waals surface area contributed by atoms with Gasteiger partial charge in [-0.25, -0.2) is 14.8 Å². The maximum atomic E-state index is 13.6. The van der Waals surface area contributed by atoms with Crippen LogP contribution in [0.15, 0.2) is 91.1 Å². The fraction of sp³-hybridized carbons (Fsp3) is 0.250. The first-order valence-corrected chi connectivity index (χ1v) is 13.5. The summed E-state index contributed by atoms with van der Waals surface area (Å²) in [5, 5.41) is 15.6. The number of ether oxygens (including phenoxy) is 1. The van der Waals surface area contributed by atoms with E-state index in [4.69, 9.17) is 10.00 Å². The molecule has 1 fully saturated rings. The number of hydrogen-bond donors (Lipinski definition) is 2. The summed E-state index contributed by atoms with van der Waals surface area (Å²) in [6, 6.07) is 29.5. The molecule has 2 aromatic heterocycles. The Bertz CT molecular complexity index is 1440. The van der Waals surface area contributed by atoms with Crippen molar-refractivity contribution < 1.29 is 9.53 Å². The van der Waals surface area contributed by atoms with E-state index in [1.165, 1.54) is 0 Å². The van der Waals surface area contributed by atoms with E-state index in [2.05, 4.69) is 26.7 Å². The number of carbonyl (C=O) groups excluding carboxylic acids is 1. The highest BCUT2D eigenvalue weighted by molar-refractivity contribution is 5.93. The fourth-order valence-electron chi connectivity index (χ4n) is 5.07. The Labute approximate surface area is 234 Å². The number of amides is 2. The molecular weight excluding hydrogens is 500 g/mol. The standard InChI is InChI=1S/C32H32N6O2/c1-40-31-9-5-8-29(37-31)25-11-15-27(16-12-25)38(32(39)35-21-23-6-3-2-4-7-23)28-17-13-26(14-18-28)36-30-19-10-24(20-33)22-34-30/h2-12,15-16,19,22,26,28H,13-14,17-18,21H2,1H3,(H,34,36)(H,35,39). The lowest BCUT2D eigenvalue weighted by Crippen LogP contribution is -2.48. The summed E-state index contributed by atoms with van der Waals surface area (Å²) in [5.74, 6) is 1.33. The summed E-state index contributed by atoms with van der Waals surface area (Å²) in [4.78, 5) is 24.4. The van der Waals surface area contributed by atoms with E-state index < -0.39 is 0 Å². The van der Waals surface area contributed by atoms with Gasteiger partial charge in [-0.2, -0.15) is 5.26 Å². The first-order chi connectivity index (χ1) is 19.6. The molecule has 1 aliphatic carbocycles. The van der Waals surface area contributed by atoms with Crippen LogP contribution in [0.1, 0.15) is 36.8 Å². The van der Waals surface area contributed by atoms with E-state index in [1.54, 1.807) is 19.4 Å². The number of nitrogens with zero attached hydrogens (tertiary/aromatic N) is 4. The Morgan fingerprint density at radius 1 is 0.975 bits per heavy atom. The van der Waals surface area contributed by atoms with Crippen LogP contribution in [-0.2, 0) is 6.54 Å². The Kier molecular flexibility index (Phi) is 8.52. The van der Waals surface area contributed by atoms with Crippen molar-refractivity contribution in [2.24, 2.45) is 0 Å².